The highest BCUT2D eigenvalue weighted by molar-refractivity contribution is 6.30. The highest BCUT2D eigenvalue weighted by Crippen LogP contribution is 2.22. The molecule has 0 aromatic heterocycles. The SMILES string of the molecule is O=C(O)c1ccc2c(c1)CN(Cc1ccc(Cl)cc1)CC2. The topological polar surface area (TPSA) is 40.5 Å². The minimum absolute atomic E-state index is 0.363. The van der Waals surface area contributed by atoms with Crippen molar-refractivity contribution in [1.82, 2.24) is 4.90 Å². The molecule has 3 rings (SSSR count). The van der Waals surface area contributed by atoms with Gasteiger partial charge in [-0.25, -0.2) is 4.79 Å². The summed E-state index contributed by atoms with van der Waals surface area (Å²) in [5.41, 5.74) is 3.96. The summed E-state index contributed by atoms with van der Waals surface area (Å²) < 4.78 is 0. The molecule has 3 nitrogen and oxygen atoms in total. The summed E-state index contributed by atoms with van der Waals surface area (Å²) in [7, 11) is 0. The molecule has 2 aromatic carbocycles. The van der Waals surface area contributed by atoms with E-state index in [-0.39, 0.29) is 0 Å². The van der Waals surface area contributed by atoms with Crippen LogP contribution in [-0.2, 0) is 19.5 Å². The van der Waals surface area contributed by atoms with Gasteiger partial charge in [-0.1, -0.05) is 29.8 Å². The Hall–Kier alpha value is -1.84. The van der Waals surface area contributed by atoms with Gasteiger partial charge < -0.3 is 5.11 Å². The number of hydrogen-bond donors (Lipinski definition) is 1. The van der Waals surface area contributed by atoms with E-state index in [1.54, 1.807) is 12.1 Å². The van der Waals surface area contributed by atoms with Gasteiger partial charge in [0.1, 0.15) is 0 Å². The van der Waals surface area contributed by atoms with Crippen molar-refractivity contribution in [2.45, 2.75) is 19.5 Å². The molecule has 0 saturated carbocycles. The van der Waals surface area contributed by atoms with Crippen LogP contribution in [0.5, 0.6) is 0 Å². The van der Waals surface area contributed by atoms with Gasteiger partial charge in [0.25, 0.3) is 0 Å². The Morgan fingerprint density at radius 2 is 1.90 bits per heavy atom. The number of hydrogen-bond acceptors (Lipinski definition) is 2. The van der Waals surface area contributed by atoms with Crippen molar-refractivity contribution in [2.75, 3.05) is 6.54 Å². The van der Waals surface area contributed by atoms with Crippen LogP contribution in [0.1, 0.15) is 27.0 Å². The molecule has 1 aliphatic rings. The van der Waals surface area contributed by atoms with Gasteiger partial charge >= 0.3 is 5.97 Å². The molecule has 0 atom stereocenters. The maximum absolute atomic E-state index is 11.1. The highest BCUT2D eigenvalue weighted by Gasteiger charge is 2.17. The molecule has 0 radical (unpaired) electrons. The fraction of sp³-hybridized carbons (Fsp3) is 0.235. The number of rotatable bonds is 3. The first-order chi connectivity index (χ1) is 10.1. The molecule has 0 spiro atoms. The van der Waals surface area contributed by atoms with Crippen molar-refractivity contribution in [3.8, 4) is 0 Å². The zero-order valence-electron chi connectivity index (χ0n) is 11.6. The van der Waals surface area contributed by atoms with Crippen LogP contribution in [0.25, 0.3) is 0 Å². The van der Waals surface area contributed by atoms with Crippen molar-refractivity contribution >= 4 is 17.6 Å². The smallest absolute Gasteiger partial charge is 0.335 e. The highest BCUT2D eigenvalue weighted by atomic mass is 35.5. The van der Waals surface area contributed by atoms with Gasteiger partial charge in [-0.2, -0.15) is 0 Å². The quantitative estimate of drug-likeness (QED) is 0.942. The molecular weight excluding hydrogens is 286 g/mol. The number of aromatic carboxylic acids is 1. The van der Waals surface area contributed by atoms with E-state index in [2.05, 4.69) is 4.90 Å². The molecule has 1 N–H and O–H groups in total. The van der Waals surface area contributed by atoms with Crippen LogP contribution in [0.3, 0.4) is 0 Å². The lowest BCUT2D eigenvalue weighted by molar-refractivity contribution is 0.0696. The largest absolute Gasteiger partial charge is 0.478 e. The lowest BCUT2D eigenvalue weighted by atomic mass is 9.97. The average molecular weight is 302 g/mol. The molecule has 1 heterocycles. The second-order valence-electron chi connectivity index (χ2n) is 5.38. The van der Waals surface area contributed by atoms with Crippen LogP contribution in [0.4, 0.5) is 0 Å². The molecule has 21 heavy (non-hydrogen) atoms. The van der Waals surface area contributed by atoms with Gasteiger partial charge in [0.15, 0.2) is 0 Å². The Bertz CT molecular complexity index is 667. The number of nitrogens with zero attached hydrogens (tertiary/aromatic N) is 1. The Morgan fingerprint density at radius 1 is 1.14 bits per heavy atom. The summed E-state index contributed by atoms with van der Waals surface area (Å²) in [4.78, 5) is 13.4. The first kappa shape index (κ1) is 14.1. The van der Waals surface area contributed by atoms with Crippen LogP contribution in [0.2, 0.25) is 5.02 Å². The van der Waals surface area contributed by atoms with Gasteiger partial charge in [0.05, 0.1) is 5.56 Å². The molecule has 0 amide bonds. The van der Waals surface area contributed by atoms with E-state index in [0.717, 1.165) is 36.6 Å². The van der Waals surface area contributed by atoms with Crippen LogP contribution < -0.4 is 0 Å². The zero-order valence-corrected chi connectivity index (χ0v) is 12.3. The Labute approximate surface area is 128 Å². The molecule has 1 aliphatic heterocycles. The molecule has 0 unspecified atom stereocenters. The summed E-state index contributed by atoms with van der Waals surface area (Å²) in [5, 5.41) is 9.83. The van der Waals surface area contributed by atoms with E-state index < -0.39 is 5.97 Å². The predicted octanol–water partition coefficient (Wildman–Crippen LogP) is 3.60. The van der Waals surface area contributed by atoms with Gasteiger partial charge in [-0.05, 0) is 47.4 Å². The monoisotopic (exact) mass is 301 g/mol. The lowest BCUT2D eigenvalue weighted by Gasteiger charge is -2.29. The predicted molar refractivity (Wildman–Crippen MR) is 82.7 cm³/mol. The summed E-state index contributed by atoms with van der Waals surface area (Å²) in [6.45, 7) is 2.63. The fourth-order valence-electron chi connectivity index (χ4n) is 2.73. The Morgan fingerprint density at radius 3 is 2.62 bits per heavy atom. The summed E-state index contributed by atoms with van der Waals surface area (Å²) in [5.74, 6) is -0.868. The summed E-state index contributed by atoms with van der Waals surface area (Å²) in [6.07, 6.45) is 0.961. The number of halogens is 1. The maximum atomic E-state index is 11.1. The van der Waals surface area contributed by atoms with Crippen molar-refractivity contribution in [3.05, 3.63) is 69.7 Å². The normalized spacial score (nSPS) is 14.7. The summed E-state index contributed by atoms with van der Waals surface area (Å²) in [6, 6.07) is 13.3. The minimum Gasteiger partial charge on any atom is -0.478 e. The molecule has 0 aliphatic carbocycles. The second-order valence-corrected chi connectivity index (χ2v) is 5.81. The molecule has 0 bridgehead atoms. The number of carboxylic acid groups (broad SMARTS) is 1. The fourth-order valence-corrected chi connectivity index (χ4v) is 2.86. The third kappa shape index (κ3) is 3.26. The maximum Gasteiger partial charge on any atom is 0.335 e. The third-order valence-corrected chi connectivity index (χ3v) is 4.12. The van der Waals surface area contributed by atoms with E-state index in [4.69, 9.17) is 16.7 Å². The van der Waals surface area contributed by atoms with Gasteiger partial charge in [-0.15, -0.1) is 0 Å². The van der Waals surface area contributed by atoms with Crippen LogP contribution >= 0.6 is 11.6 Å². The van der Waals surface area contributed by atoms with Gasteiger partial charge in [0, 0.05) is 24.7 Å². The minimum atomic E-state index is -0.868. The molecule has 4 heteroatoms. The van der Waals surface area contributed by atoms with E-state index in [1.165, 1.54) is 11.1 Å². The van der Waals surface area contributed by atoms with Crippen LogP contribution in [0.15, 0.2) is 42.5 Å². The van der Waals surface area contributed by atoms with Crippen molar-refractivity contribution < 1.29 is 9.90 Å². The number of carbonyl (C=O) groups is 1. The Kier molecular flexibility index (Phi) is 3.95. The molecule has 2 aromatic rings. The Balaban J connectivity index is 1.75. The van der Waals surface area contributed by atoms with Gasteiger partial charge in [-0.3, -0.25) is 4.90 Å². The molecular formula is C17H16ClNO2. The molecule has 0 fully saturated rings. The van der Waals surface area contributed by atoms with E-state index >= 15 is 0 Å². The third-order valence-electron chi connectivity index (χ3n) is 3.86. The number of benzene rings is 2. The van der Waals surface area contributed by atoms with E-state index in [0.29, 0.717) is 5.56 Å². The van der Waals surface area contributed by atoms with Crippen molar-refractivity contribution in [2.24, 2.45) is 0 Å². The second kappa shape index (κ2) is 5.88. The van der Waals surface area contributed by atoms with E-state index in [9.17, 15) is 4.79 Å². The van der Waals surface area contributed by atoms with Crippen LogP contribution in [-0.4, -0.2) is 22.5 Å². The zero-order chi connectivity index (χ0) is 14.8. The standard InChI is InChI=1S/C17H16ClNO2/c18-16-5-1-12(2-6-16)10-19-8-7-13-3-4-14(17(20)21)9-15(13)11-19/h1-6,9H,7-8,10-11H2,(H,20,21). The van der Waals surface area contributed by atoms with Crippen molar-refractivity contribution in [3.63, 3.8) is 0 Å². The van der Waals surface area contributed by atoms with E-state index in [1.807, 2.05) is 30.3 Å². The molecule has 0 saturated heterocycles. The van der Waals surface area contributed by atoms with Crippen molar-refractivity contribution in [1.29, 1.82) is 0 Å². The number of fused-ring (bicyclic) bond motifs is 1. The molecule has 108 valence electrons. The first-order valence-electron chi connectivity index (χ1n) is 6.94. The average Bonchev–Trinajstić information content (AvgIpc) is 2.49. The first-order valence-corrected chi connectivity index (χ1v) is 7.31. The lowest BCUT2D eigenvalue weighted by Crippen LogP contribution is -2.30. The van der Waals surface area contributed by atoms with Gasteiger partial charge in [0.2, 0.25) is 0 Å². The summed E-state index contributed by atoms with van der Waals surface area (Å²) >= 11 is 5.90. The number of carboxylic acids is 1. The van der Waals surface area contributed by atoms with Crippen LogP contribution in [0, 0.1) is 0 Å².